The molecule has 1 saturated carbocycles. The van der Waals surface area contributed by atoms with E-state index in [2.05, 4.69) is 38.4 Å². The van der Waals surface area contributed by atoms with Crippen LogP contribution >= 0.6 is 0 Å². The van der Waals surface area contributed by atoms with Gasteiger partial charge in [-0.15, -0.1) is 0 Å². The van der Waals surface area contributed by atoms with Gasteiger partial charge in [-0.2, -0.15) is 0 Å². The topological polar surface area (TPSA) is 15.3 Å². The summed E-state index contributed by atoms with van der Waals surface area (Å²) in [6.07, 6.45) is 5.41. The van der Waals surface area contributed by atoms with E-state index in [1.165, 1.54) is 25.7 Å². The molecule has 0 radical (unpaired) electrons. The van der Waals surface area contributed by atoms with Gasteiger partial charge >= 0.3 is 0 Å². The predicted molar refractivity (Wildman–Crippen MR) is 52.9 cm³/mol. The van der Waals surface area contributed by atoms with Crippen molar-refractivity contribution in [1.82, 2.24) is 10.4 Å². The molecule has 72 valence electrons. The highest BCUT2D eigenvalue weighted by molar-refractivity contribution is 4.87. The molecule has 0 aromatic carbocycles. The van der Waals surface area contributed by atoms with E-state index in [1.807, 2.05) is 0 Å². The van der Waals surface area contributed by atoms with E-state index in [0.29, 0.717) is 5.54 Å². The highest BCUT2D eigenvalue weighted by atomic mass is 15.5. The Morgan fingerprint density at radius 1 is 1.42 bits per heavy atom. The quantitative estimate of drug-likeness (QED) is 0.638. The molecule has 1 fully saturated rings. The maximum absolute atomic E-state index is 3.52. The number of hydrazine groups is 1. The van der Waals surface area contributed by atoms with Crippen LogP contribution in [0, 0.1) is 5.92 Å². The number of hydrogen-bond donors (Lipinski definition) is 1. The fraction of sp³-hybridized carbons (Fsp3) is 1.00. The number of hydrogen-bond acceptors (Lipinski definition) is 2. The molecule has 1 aliphatic carbocycles. The van der Waals surface area contributed by atoms with Crippen molar-refractivity contribution in [2.45, 2.75) is 45.1 Å². The van der Waals surface area contributed by atoms with Crippen LogP contribution in [0.15, 0.2) is 0 Å². The minimum atomic E-state index is 0.348. The van der Waals surface area contributed by atoms with Gasteiger partial charge in [-0.25, -0.2) is 5.43 Å². The van der Waals surface area contributed by atoms with Gasteiger partial charge in [-0.05, 0) is 25.7 Å². The first-order valence-electron chi connectivity index (χ1n) is 4.97. The second kappa shape index (κ2) is 3.75. The van der Waals surface area contributed by atoms with E-state index >= 15 is 0 Å². The molecule has 0 bridgehead atoms. The van der Waals surface area contributed by atoms with E-state index in [9.17, 15) is 0 Å². The van der Waals surface area contributed by atoms with Crippen molar-refractivity contribution >= 4 is 0 Å². The minimum Gasteiger partial charge on any atom is -0.250 e. The molecule has 0 aromatic rings. The molecule has 1 N–H and O–H groups in total. The van der Waals surface area contributed by atoms with Gasteiger partial charge in [0.25, 0.3) is 0 Å². The molecule has 0 saturated heterocycles. The molecule has 2 atom stereocenters. The number of rotatable bonds is 2. The van der Waals surface area contributed by atoms with Crippen molar-refractivity contribution < 1.29 is 0 Å². The van der Waals surface area contributed by atoms with Crippen molar-refractivity contribution in [2.24, 2.45) is 5.92 Å². The molecule has 0 spiro atoms. The molecular weight excluding hydrogens is 148 g/mol. The fourth-order valence-electron chi connectivity index (χ4n) is 2.46. The SMILES string of the molecule is CC1CCCC(C)(NN(C)C)C1. The van der Waals surface area contributed by atoms with Crippen LogP contribution < -0.4 is 5.43 Å². The summed E-state index contributed by atoms with van der Waals surface area (Å²) in [6, 6.07) is 0. The molecule has 2 heteroatoms. The third-order valence-corrected chi connectivity index (χ3v) is 2.72. The molecule has 1 rings (SSSR count). The highest BCUT2D eigenvalue weighted by Gasteiger charge is 2.30. The summed E-state index contributed by atoms with van der Waals surface area (Å²) in [7, 11) is 4.15. The Morgan fingerprint density at radius 3 is 2.58 bits per heavy atom. The smallest absolute Gasteiger partial charge is 0.0300 e. The standard InChI is InChI=1S/C10H22N2/c1-9-6-5-7-10(2,8-9)11-12(3)4/h9,11H,5-8H2,1-4H3. The van der Waals surface area contributed by atoms with Crippen LogP contribution in [0.25, 0.3) is 0 Å². The van der Waals surface area contributed by atoms with E-state index in [0.717, 1.165) is 5.92 Å². The summed E-state index contributed by atoms with van der Waals surface area (Å²) in [4.78, 5) is 0. The normalized spacial score (nSPS) is 37.2. The van der Waals surface area contributed by atoms with E-state index in [-0.39, 0.29) is 0 Å². The van der Waals surface area contributed by atoms with Gasteiger partial charge in [0, 0.05) is 19.6 Å². The first kappa shape index (κ1) is 10.0. The van der Waals surface area contributed by atoms with Crippen LogP contribution in [0.2, 0.25) is 0 Å². The predicted octanol–water partition coefficient (Wildman–Crippen LogP) is 2.02. The summed E-state index contributed by atoms with van der Waals surface area (Å²) in [5, 5.41) is 2.08. The Morgan fingerprint density at radius 2 is 2.08 bits per heavy atom. The fourth-order valence-corrected chi connectivity index (χ4v) is 2.46. The minimum absolute atomic E-state index is 0.348. The van der Waals surface area contributed by atoms with E-state index in [4.69, 9.17) is 0 Å². The van der Waals surface area contributed by atoms with Gasteiger partial charge in [0.2, 0.25) is 0 Å². The van der Waals surface area contributed by atoms with Gasteiger partial charge in [0.15, 0.2) is 0 Å². The van der Waals surface area contributed by atoms with Gasteiger partial charge in [0.05, 0.1) is 0 Å². The second-order valence-electron chi connectivity index (χ2n) is 4.77. The maximum Gasteiger partial charge on any atom is 0.0300 e. The van der Waals surface area contributed by atoms with Gasteiger partial charge in [0.1, 0.15) is 0 Å². The summed E-state index contributed by atoms with van der Waals surface area (Å²) in [6.45, 7) is 4.69. The number of nitrogens with one attached hydrogen (secondary N) is 1. The third kappa shape index (κ3) is 2.76. The second-order valence-corrected chi connectivity index (χ2v) is 4.77. The van der Waals surface area contributed by atoms with Crippen LogP contribution in [-0.4, -0.2) is 24.6 Å². The molecule has 0 amide bonds. The summed E-state index contributed by atoms with van der Waals surface area (Å²) >= 11 is 0. The zero-order chi connectivity index (χ0) is 9.19. The van der Waals surface area contributed by atoms with Crippen LogP contribution in [0.5, 0.6) is 0 Å². The monoisotopic (exact) mass is 170 g/mol. The third-order valence-electron chi connectivity index (χ3n) is 2.72. The zero-order valence-corrected chi connectivity index (χ0v) is 8.85. The lowest BCUT2D eigenvalue weighted by molar-refractivity contribution is 0.110. The van der Waals surface area contributed by atoms with Crippen molar-refractivity contribution in [3.05, 3.63) is 0 Å². The lowest BCUT2D eigenvalue weighted by Crippen LogP contribution is -2.51. The highest BCUT2D eigenvalue weighted by Crippen LogP contribution is 2.31. The molecule has 0 heterocycles. The van der Waals surface area contributed by atoms with Crippen LogP contribution in [-0.2, 0) is 0 Å². The average molecular weight is 170 g/mol. The molecule has 2 nitrogen and oxygen atoms in total. The van der Waals surface area contributed by atoms with Crippen molar-refractivity contribution in [3.63, 3.8) is 0 Å². The van der Waals surface area contributed by atoms with Crippen LogP contribution in [0.1, 0.15) is 39.5 Å². The lowest BCUT2D eigenvalue weighted by atomic mass is 9.78. The van der Waals surface area contributed by atoms with E-state index < -0.39 is 0 Å². The van der Waals surface area contributed by atoms with E-state index in [1.54, 1.807) is 0 Å². The Balaban J connectivity index is 2.45. The summed E-state index contributed by atoms with van der Waals surface area (Å²) < 4.78 is 0. The maximum atomic E-state index is 3.52. The van der Waals surface area contributed by atoms with Crippen LogP contribution in [0.3, 0.4) is 0 Å². The Kier molecular flexibility index (Phi) is 3.13. The Bertz CT molecular complexity index is 141. The largest absolute Gasteiger partial charge is 0.250 e. The molecule has 1 aliphatic rings. The Hall–Kier alpha value is -0.0800. The zero-order valence-electron chi connectivity index (χ0n) is 8.85. The molecule has 12 heavy (non-hydrogen) atoms. The molecular formula is C10H22N2. The average Bonchev–Trinajstić information content (AvgIpc) is 1.82. The number of nitrogens with zero attached hydrogens (tertiary/aromatic N) is 1. The Labute approximate surface area is 76.3 Å². The lowest BCUT2D eigenvalue weighted by Gasteiger charge is -2.39. The van der Waals surface area contributed by atoms with Gasteiger partial charge in [-0.1, -0.05) is 19.8 Å². The van der Waals surface area contributed by atoms with Crippen molar-refractivity contribution in [1.29, 1.82) is 0 Å². The summed E-state index contributed by atoms with van der Waals surface area (Å²) in [5.74, 6) is 0.885. The molecule has 2 unspecified atom stereocenters. The first-order valence-corrected chi connectivity index (χ1v) is 4.97. The van der Waals surface area contributed by atoms with Gasteiger partial charge < -0.3 is 0 Å². The molecule has 0 aromatic heterocycles. The van der Waals surface area contributed by atoms with Crippen LogP contribution in [0.4, 0.5) is 0 Å². The van der Waals surface area contributed by atoms with Gasteiger partial charge in [-0.3, -0.25) is 5.01 Å². The van der Waals surface area contributed by atoms with Crippen molar-refractivity contribution in [2.75, 3.05) is 14.1 Å². The molecule has 0 aliphatic heterocycles. The summed E-state index contributed by atoms with van der Waals surface area (Å²) in [5.41, 5.74) is 3.87. The first-order chi connectivity index (χ1) is 5.52. The van der Waals surface area contributed by atoms with Crippen molar-refractivity contribution in [3.8, 4) is 0 Å².